The summed E-state index contributed by atoms with van der Waals surface area (Å²) in [6.45, 7) is 7.77. The largest absolute Gasteiger partial charge is 0.362 e. The fraction of sp³-hybridized carbons (Fsp3) is 0.448. The number of ether oxygens (including phenoxy) is 2. The third kappa shape index (κ3) is 5.53. The van der Waals surface area contributed by atoms with Gasteiger partial charge in [0.2, 0.25) is 0 Å². The van der Waals surface area contributed by atoms with Crippen molar-refractivity contribution in [2.75, 3.05) is 20.9 Å². The minimum absolute atomic E-state index is 0.0685. The van der Waals surface area contributed by atoms with E-state index in [2.05, 4.69) is 92.6 Å². The van der Waals surface area contributed by atoms with Crippen LogP contribution >= 0.6 is 0 Å². The molecular weight excluding hydrogens is 492 g/mol. The molecular formula is C29H38N8O2. The maximum Gasteiger partial charge on any atom is 0.180 e. The summed E-state index contributed by atoms with van der Waals surface area (Å²) in [5, 5.41) is 14.5. The second-order valence-electron chi connectivity index (χ2n) is 10.0. The lowest BCUT2D eigenvalue weighted by atomic mass is 9.98. The second-order valence-corrected chi connectivity index (χ2v) is 10.0. The van der Waals surface area contributed by atoms with Gasteiger partial charge in [0.05, 0.1) is 12.4 Å². The number of hydrogen-bond acceptors (Lipinski definition) is 9. The van der Waals surface area contributed by atoms with Crippen LogP contribution in [-0.2, 0) is 16.0 Å². The summed E-state index contributed by atoms with van der Waals surface area (Å²) >= 11 is 0. The van der Waals surface area contributed by atoms with Crippen LogP contribution in [0.2, 0.25) is 0 Å². The SMILES string of the molecule is CCCCC1N=C2C(=CN(C(C)OC)CN2C(C)OC)N1Cc1ccc(-c2ccccc2-c2nnn[nH]2)cc1. The van der Waals surface area contributed by atoms with Gasteiger partial charge in [-0.1, -0.05) is 61.9 Å². The smallest absolute Gasteiger partial charge is 0.180 e. The van der Waals surface area contributed by atoms with Gasteiger partial charge in [-0.3, -0.25) is 0 Å². The summed E-state index contributed by atoms with van der Waals surface area (Å²) < 4.78 is 11.4. The molecule has 0 bridgehead atoms. The molecule has 0 saturated carbocycles. The van der Waals surface area contributed by atoms with Crippen LogP contribution in [0.3, 0.4) is 0 Å². The highest BCUT2D eigenvalue weighted by Gasteiger charge is 2.39. The van der Waals surface area contributed by atoms with Crippen molar-refractivity contribution >= 4 is 5.84 Å². The zero-order valence-corrected chi connectivity index (χ0v) is 23.4. The molecule has 0 radical (unpaired) electrons. The molecule has 2 aliphatic rings. The van der Waals surface area contributed by atoms with E-state index in [-0.39, 0.29) is 18.6 Å². The van der Waals surface area contributed by atoms with E-state index in [0.29, 0.717) is 12.5 Å². The van der Waals surface area contributed by atoms with Crippen molar-refractivity contribution in [2.45, 2.75) is 65.2 Å². The zero-order valence-electron chi connectivity index (χ0n) is 23.4. The lowest BCUT2D eigenvalue weighted by Crippen LogP contribution is -2.52. The number of methoxy groups -OCH3 is 2. The van der Waals surface area contributed by atoms with Gasteiger partial charge in [-0.25, -0.2) is 10.1 Å². The number of nitrogens with zero attached hydrogens (tertiary/aromatic N) is 7. The lowest BCUT2D eigenvalue weighted by Gasteiger charge is -2.42. The molecule has 3 aromatic rings. The van der Waals surface area contributed by atoms with E-state index in [1.165, 1.54) is 5.56 Å². The molecule has 0 spiro atoms. The van der Waals surface area contributed by atoms with Crippen LogP contribution < -0.4 is 0 Å². The molecule has 10 nitrogen and oxygen atoms in total. The molecule has 3 atom stereocenters. The summed E-state index contributed by atoms with van der Waals surface area (Å²) in [6.07, 6.45) is 5.36. The Kier molecular flexibility index (Phi) is 8.23. The Morgan fingerprint density at radius 3 is 2.41 bits per heavy atom. The average Bonchev–Trinajstić information content (AvgIpc) is 3.64. The standard InChI is InChI=1S/C29H38N8O2/c1-6-7-12-27-30-29-26(18-35(20(2)38-4)19-37(29)21(3)39-5)36(27)17-22-13-15-23(16-14-22)24-10-8-9-11-25(24)28-31-33-34-32-28/h8-11,13-16,18,20-21,27H,6-7,12,17,19H2,1-5H3,(H,31,32,33,34). The monoisotopic (exact) mass is 530 g/mol. The normalized spacial score (nSPS) is 18.6. The van der Waals surface area contributed by atoms with Crippen LogP contribution in [0.25, 0.3) is 22.5 Å². The van der Waals surface area contributed by atoms with E-state index in [1.54, 1.807) is 14.2 Å². The molecule has 39 heavy (non-hydrogen) atoms. The van der Waals surface area contributed by atoms with Crippen LogP contribution in [0.1, 0.15) is 45.6 Å². The Hall–Kier alpha value is -3.76. The lowest BCUT2D eigenvalue weighted by molar-refractivity contribution is -0.0510. The summed E-state index contributed by atoms with van der Waals surface area (Å²) in [5.74, 6) is 1.65. The quantitative estimate of drug-likeness (QED) is 0.382. The molecule has 1 N–H and O–H groups in total. The van der Waals surface area contributed by atoms with Crippen LogP contribution in [-0.4, -0.2) is 80.7 Å². The number of aromatic amines is 1. The van der Waals surface area contributed by atoms with E-state index >= 15 is 0 Å². The molecule has 2 aliphatic heterocycles. The van der Waals surface area contributed by atoms with Crippen LogP contribution in [0.5, 0.6) is 0 Å². The molecule has 0 saturated heterocycles. The summed E-state index contributed by atoms with van der Waals surface area (Å²) in [6, 6.07) is 16.9. The van der Waals surface area contributed by atoms with Crippen molar-refractivity contribution in [3.05, 3.63) is 66.0 Å². The van der Waals surface area contributed by atoms with Gasteiger partial charge < -0.3 is 24.2 Å². The van der Waals surface area contributed by atoms with Gasteiger partial charge in [-0.2, -0.15) is 0 Å². The first kappa shape index (κ1) is 26.8. The molecule has 2 aromatic carbocycles. The van der Waals surface area contributed by atoms with Crippen molar-refractivity contribution in [3.63, 3.8) is 0 Å². The van der Waals surface area contributed by atoms with Crippen molar-refractivity contribution in [3.8, 4) is 22.5 Å². The first-order chi connectivity index (χ1) is 19.0. The Morgan fingerprint density at radius 2 is 1.74 bits per heavy atom. The number of hydrogen-bond donors (Lipinski definition) is 1. The average molecular weight is 531 g/mol. The van der Waals surface area contributed by atoms with Gasteiger partial charge in [-0.05, 0) is 53.8 Å². The van der Waals surface area contributed by atoms with Crippen LogP contribution in [0, 0.1) is 0 Å². The maximum atomic E-state index is 5.74. The van der Waals surface area contributed by atoms with Crippen molar-refractivity contribution < 1.29 is 9.47 Å². The minimum Gasteiger partial charge on any atom is -0.362 e. The van der Waals surface area contributed by atoms with Gasteiger partial charge in [-0.15, -0.1) is 5.10 Å². The molecule has 10 heteroatoms. The minimum atomic E-state index is -0.107. The Balaban J connectivity index is 1.44. The molecule has 206 valence electrons. The number of aromatic nitrogens is 4. The molecule has 3 heterocycles. The van der Waals surface area contributed by atoms with Crippen molar-refractivity contribution in [1.82, 2.24) is 35.3 Å². The van der Waals surface area contributed by atoms with Gasteiger partial charge in [0.25, 0.3) is 0 Å². The topological polar surface area (TPSA) is 95.0 Å². The van der Waals surface area contributed by atoms with E-state index in [9.17, 15) is 0 Å². The number of nitrogens with one attached hydrogen (secondary N) is 1. The second kappa shape index (κ2) is 12.0. The number of tetrazole rings is 1. The molecule has 1 aromatic heterocycles. The molecule has 3 unspecified atom stereocenters. The number of amidine groups is 1. The molecule has 5 rings (SSSR count). The molecule has 0 aliphatic carbocycles. The first-order valence-electron chi connectivity index (χ1n) is 13.6. The first-order valence-corrected chi connectivity index (χ1v) is 13.6. The van der Waals surface area contributed by atoms with Crippen LogP contribution in [0.4, 0.5) is 0 Å². The number of benzene rings is 2. The highest BCUT2D eigenvalue weighted by Crippen LogP contribution is 2.34. The van der Waals surface area contributed by atoms with Crippen molar-refractivity contribution in [2.24, 2.45) is 4.99 Å². The van der Waals surface area contributed by atoms with E-state index in [1.807, 2.05) is 18.2 Å². The molecule has 0 fully saturated rings. The summed E-state index contributed by atoms with van der Waals surface area (Å²) in [7, 11) is 3.49. The van der Waals surface area contributed by atoms with E-state index in [0.717, 1.165) is 54.0 Å². The predicted molar refractivity (Wildman–Crippen MR) is 151 cm³/mol. The number of aliphatic imine (C=N–C) groups is 1. The number of H-pyrrole nitrogens is 1. The summed E-state index contributed by atoms with van der Waals surface area (Å²) in [4.78, 5) is 12.1. The van der Waals surface area contributed by atoms with Gasteiger partial charge >= 0.3 is 0 Å². The van der Waals surface area contributed by atoms with Gasteiger partial charge in [0, 0.05) is 32.5 Å². The number of unbranched alkanes of at least 4 members (excludes halogenated alkanes) is 1. The molecule has 0 amide bonds. The third-order valence-electron chi connectivity index (χ3n) is 7.59. The van der Waals surface area contributed by atoms with Crippen molar-refractivity contribution in [1.29, 1.82) is 0 Å². The Bertz CT molecular complexity index is 1290. The van der Waals surface area contributed by atoms with Crippen LogP contribution in [0.15, 0.2) is 65.4 Å². The Labute approximate surface area is 230 Å². The van der Waals surface area contributed by atoms with E-state index in [4.69, 9.17) is 14.5 Å². The maximum absolute atomic E-state index is 5.74. The summed E-state index contributed by atoms with van der Waals surface area (Å²) in [5.41, 5.74) is 5.50. The fourth-order valence-corrected chi connectivity index (χ4v) is 5.13. The third-order valence-corrected chi connectivity index (χ3v) is 7.59. The predicted octanol–water partition coefficient (Wildman–Crippen LogP) is 4.67. The highest BCUT2D eigenvalue weighted by molar-refractivity contribution is 6.00. The van der Waals surface area contributed by atoms with Gasteiger partial charge in [0.15, 0.2) is 11.7 Å². The fourth-order valence-electron chi connectivity index (χ4n) is 5.13. The highest BCUT2D eigenvalue weighted by atomic mass is 16.5. The Morgan fingerprint density at radius 1 is 1.00 bits per heavy atom. The number of fused-ring (bicyclic) bond motifs is 1. The van der Waals surface area contributed by atoms with Gasteiger partial charge in [0.1, 0.15) is 18.6 Å². The van der Waals surface area contributed by atoms with E-state index < -0.39 is 0 Å². The zero-order chi connectivity index (χ0) is 27.4. The number of rotatable bonds is 11.